The van der Waals surface area contributed by atoms with E-state index in [0.29, 0.717) is 16.9 Å². The lowest BCUT2D eigenvalue weighted by Crippen LogP contribution is -2.49. The maximum atomic E-state index is 10.3. The monoisotopic (exact) mass is 421 g/mol. The quantitative estimate of drug-likeness (QED) is 0.492. The van der Waals surface area contributed by atoms with E-state index in [2.05, 4.69) is 44.6 Å². The number of nitrogens with one attached hydrogen (secondary N) is 2. The standard InChI is InChI=1S/C20H28ClN5OS/c1-3-22-20(24-13-16(27)17-5-6-18(21)28-17)25-15-8-10-26(11-9-15)19-7-4-14(2)12-23-19/h4-7,12,15-16,27H,3,8-11,13H2,1-2H3,(H2,22,24,25). The number of piperidine rings is 1. The zero-order chi connectivity index (χ0) is 19.9. The summed E-state index contributed by atoms with van der Waals surface area (Å²) in [5, 5.41) is 17.1. The molecule has 2 aromatic rings. The summed E-state index contributed by atoms with van der Waals surface area (Å²) in [6.07, 6.45) is 3.32. The van der Waals surface area contributed by atoms with E-state index in [1.54, 1.807) is 6.07 Å². The van der Waals surface area contributed by atoms with Crippen LogP contribution in [0.4, 0.5) is 5.82 Å². The van der Waals surface area contributed by atoms with Gasteiger partial charge in [-0.15, -0.1) is 11.3 Å². The highest BCUT2D eigenvalue weighted by Gasteiger charge is 2.21. The number of pyridine rings is 1. The number of aliphatic hydroxyl groups is 1. The minimum absolute atomic E-state index is 0.304. The summed E-state index contributed by atoms with van der Waals surface area (Å²) >= 11 is 7.34. The fraction of sp³-hybridized carbons (Fsp3) is 0.500. The van der Waals surface area contributed by atoms with Gasteiger partial charge in [0.25, 0.3) is 0 Å². The molecule has 3 N–H and O–H groups in total. The highest BCUT2D eigenvalue weighted by Crippen LogP contribution is 2.27. The number of hydrogen-bond donors (Lipinski definition) is 3. The van der Waals surface area contributed by atoms with E-state index in [4.69, 9.17) is 11.6 Å². The number of halogens is 1. The number of rotatable bonds is 6. The van der Waals surface area contributed by atoms with E-state index in [-0.39, 0.29) is 0 Å². The molecule has 1 fully saturated rings. The Bertz CT molecular complexity index is 771. The number of aryl methyl sites for hydroxylation is 1. The predicted octanol–water partition coefficient (Wildman–Crippen LogP) is 3.36. The smallest absolute Gasteiger partial charge is 0.191 e. The van der Waals surface area contributed by atoms with Gasteiger partial charge < -0.3 is 20.6 Å². The van der Waals surface area contributed by atoms with Crippen molar-refractivity contribution in [2.45, 2.75) is 38.8 Å². The van der Waals surface area contributed by atoms with Gasteiger partial charge in [-0.2, -0.15) is 0 Å². The van der Waals surface area contributed by atoms with Crippen LogP contribution in [0.25, 0.3) is 0 Å². The third-order valence-electron chi connectivity index (χ3n) is 4.74. The van der Waals surface area contributed by atoms with Gasteiger partial charge in [-0.1, -0.05) is 17.7 Å². The first-order valence-electron chi connectivity index (χ1n) is 9.71. The highest BCUT2D eigenvalue weighted by atomic mass is 35.5. The summed E-state index contributed by atoms with van der Waals surface area (Å²) in [6.45, 7) is 7.10. The van der Waals surface area contributed by atoms with Crippen molar-refractivity contribution < 1.29 is 5.11 Å². The number of nitrogens with zero attached hydrogens (tertiary/aromatic N) is 3. The molecule has 0 bridgehead atoms. The Labute approximate surface area is 175 Å². The topological polar surface area (TPSA) is 72.8 Å². The second kappa shape index (κ2) is 10.1. The van der Waals surface area contributed by atoms with Crippen molar-refractivity contribution in [3.63, 3.8) is 0 Å². The predicted molar refractivity (Wildman–Crippen MR) is 118 cm³/mol. The van der Waals surface area contributed by atoms with Crippen LogP contribution in [0.5, 0.6) is 0 Å². The van der Waals surface area contributed by atoms with Crippen LogP contribution in [0.2, 0.25) is 4.34 Å². The first-order chi connectivity index (χ1) is 13.5. The van der Waals surface area contributed by atoms with E-state index in [9.17, 15) is 5.11 Å². The van der Waals surface area contributed by atoms with Gasteiger partial charge in [0.15, 0.2) is 5.96 Å². The van der Waals surface area contributed by atoms with Crippen LogP contribution >= 0.6 is 22.9 Å². The molecule has 0 amide bonds. The minimum Gasteiger partial charge on any atom is -0.386 e. The van der Waals surface area contributed by atoms with E-state index >= 15 is 0 Å². The molecule has 0 saturated carbocycles. The molecule has 1 atom stereocenters. The largest absolute Gasteiger partial charge is 0.386 e. The van der Waals surface area contributed by atoms with E-state index < -0.39 is 6.10 Å². The second-order valence-corrected chi connectivity index (χ2v) is 8.72. The van der Waals surface area contributed by atoms with Crippen LogP contribution < -0.4 is 15.5 Å². The normalized spacial score (nSPS) is 16.9. The number of anilines is 1. The van der Waals surface area contributed by atoms with Gasteiger partial charge in [-0.3, -0.25) is 4.99 Å². The summed E-state index contributed by atoms with van der Waals surface area (Å²) in [5.74, 6) is 1.79. The van der Waals surface area contributed by atoms with E-state index in [1.807, 2.05) is 19.2 Å². The Morgan fingerprint density at radius 1 is 1.36 bits per heavy atom. The third kappa shape index (κ3) is 5.83. The molecule has 0 aliphatic carbocycles. The summed E-state index contributed by atoms with van der Waals surface area (Å²) in [4.78, 5) is 12.3. The average Bonchev–Trinajstić information content (AvgIpc) is 3.14. The highest BCUT2D eigenvalue weighted by molar-refractivity contribution is 7.16. The SMILES string of the molecule is CCNC(=NCC(O)c1ccc(Cl)s1)NC1CCN(c2ccc(C)cn2)CC1. The molecule has 0 aromatic carbocycles. The summed E-state index contributed by atoms with van der Waals surface area (Å²) in [5.41, 5.74) is 1.18. The fourth-order valence-electron chi connectivity index (χ4n) is 3.19. The molecule has 1 saturated heterocycles. The summed E-state index contributed by atoms with van der Waals surface area (Å²) < 4.78 is 0.679. The molecule has 3 heterocycles. The van der Waals surface area contributed by atoms with E-state index in [0.717, 1.165) is 49.1 Å². The Morgan fingerprint density at radius 3 is 2.75 bits per heavy atom. The molecule has 1 aliphatic rings. The molecule has 0 radical (unpaired) electrons. The molecule has 1 aliphatic heterocycles. The lowest BCUT2D eigenvalue weighted by atomic mass is 10.1. The Hall–Kier alpha value is -1.83. The maximum absolute atomic E-state index is 10.3. The first-order valence-corrected chi connectivity index (χ1v) is 10.9. The lowest BCUT2D eigenvalue weighted by molar-refractivity contribution is 0.191. The lowest BCUT2D eigenvalue weighted by Gasteiger charge is -2.33. The van der Waals surface area contributed by atoms with Crippen molar-refractivity contribution in [1.82, 2.24) is 15.6 Å². The van der Waals surface area contributed by atoms with Gasteiger partial charge in [0.1, 0.15) is 11.9 Å². The van der Waals surface area contributed by atoms with Crippen LogP contribution in [0.3, 0.4) is 0 Å². The van der Waals surface area contributed by atoms with E-state index in [1.165, 1.54) is 16.9 Å². The van der Waals surface area contributed by atoms with Crippen LogP contribution in [-0.2, 0) is 0 Å². The summed E-state index contributed by atoms with van der Waals surface area (Å²) in [6, 6.07) is 8.20. The molecular weight excluding hydrogens is 394 g/mol. The van der Waals surface area contributed by atoms with Crippen LogP contribution in [0, 0.1) is 6.92 Å². The number of aromatic nitrogens is 1. The number of guanidine groups is 1. The molecule has 1 unspecified atom stereocenters. The maximum Gasteiger partial charge on any atom is 0.191 e. The molecular formula is C20H28ClN5OS. The van der Waals surface area contributed by atoms with Crippen LogP contribution in [0.1, 0.15) is 36.3 Å². The molecule has 2 aromatic heterocycles. The Balaban J connectivity index is 1.52. The van der Waals surface area contributed by atoms with Crippen molar-refractivity contribution in [2.24, 2.45) is 4.99 Å². The number of thiophene rings is 1. The first kappa shape index (κ1) is 20.9. The molecule has 8 heteroatoms. The number of aliphatic imine (C=N–C) groups is 1. The minimum atomic E-state index is -0.637. The zero-order valence-electron chi connectivity index (χ0n) is 16.4. The Kier molecular flexibility index (Phi) is 7.53. The van der Waals surface area contributed by atoms with Crippen LogP contribution in [-0.4, -0.2) is 48.3 Å². The average molecular weight is 422 g/mol. The van der Waals surface area contributed by atoms with Gasteiger partial charge in [-0.25, -0.2) is 4.98 Å². The second-order valence-electron chi connectivity index (χ2n) is 6.98. The number of aliphatic hydroxyl groups excluding tert-OH is 1. The third-order valence-corrected chi connectivity index (χ3v) is 6.08. The van der Waals surface area contributed by atoms with Crippen molar-refractivity contribution in [1.29, 1.82) is 0 Å². The van der Waals surface area contributed by atoms with Gasteiger partial charge >= 0.3 is 0 Å². The van der Waals surface area contributed by atoms with Crippen molar-refractivity contribution in [3.8, 4) is 0 Å². The van der Waals surface area contributed by atoms with Crippen molar-refractivity contribution in [2.75, 3.05) is 31.1 Å². The summed E-state index contributed by atoms with van der Waals surface area (Å²) in [7, 11) is 0. The number of hydrogen-bond acceptors (Lipinski definition) is 5. The van der Waals surface area contributed by atoms with Crippen molar-refractivity contribution >= 4 is 34.7 Å². The van der Waals surface area contributed by atoms with Gasteiger partial charge in [-0.05, 0) is 50.5 Å². The zero-order valence-corrected chi connectivity index (χ0v) is 17.9. The van der Waals surface area contributed by atoms with Gasteiger partial charge in [0.05, 0.1) is 10.9 Å². The molecule has 6 nitrogen and oxygen atoms in total. The molecule has 0 spiro atoms. The van der Waals surface area contributed by atoms with Gasteiger partial charge in [0, 0.05) is 36.8 Å². The molecule has 152 valence electrons. The molecule has 3 rings (SSSR count). The Morgan fingerprint density at radius 2 is 2.14 bits per heavy atom. The van der Waals surface area contributed by atoms with Gasteiger partial charge in [0.2, 0.25) is 0 Å². The molecule has 28 heavy (non-hydrogen) atoms. The fourth-order valence-corrected chi connectivity index (χ4v) is 4.23. The van der Waals surface area contributed by atoms with Crippen LogP contribution in [0.15, 0.2) is 35.5 Å². The van der Waals surface area contributed by atoms with Crippen molar-refractivity contribution in [3.05, 3.63) is 45.2 Å².